The Morgan fingerprint density at radius 3 is 2.58 bits per heavy atom. The van der Waals surface area contributed by atoms with Gasteiger partial charge in [-0.25, -0.2) is 9.46 Å². The molecule has 1 aromatic rings. The van der Waals surface area contributed by atoms with Crippen molar-refractivity contribution in [3.8, 4) is 6.07 Å². The van der Waals surface area contributed by atoms with E-state index < -0.39 is 44.3 Å². The third-order valence-corrected chi connectivity index (χ3v) is 6.77. The highest BCUT2D eigenvalue weighted by atomic mass is 31.2. The summed E-state index contributed by atoms with van der Waals surface area (Å²) < 4.78 is 26.4. The molecule has 1 aliphatic rings. The van der Waals surface area contributed by atoms with Crippen LogP contribution in [0.15, 0.2) is 21.9 Å². The molecule has 1 aromatic heterocycles. The van der Waals surface area contributed by atoms with Crippen molar-refractivity contribution in [2.24, 2.45) is 0 Å². The first-order chi connectivity index (χ1) is 14.7. The van der Waals surface area contributed by atoms with Gasteiger partial charge in [-0.2, -0.15) is 5.26 Å². The van der Waals surface area contributed by atoms with Crippen LogP contribution in [-0.2, 0) is 18.5 Å². The number of rotatable bonds is 11. The van der Waals surface area contributed by atoms with Crippen LogP contribution in [0.5, 0.6) is 0 Å². The molecule has 2 heterocycles. The molecule has 0 aliphatic carbocycles. The van der Waals surface area contributed by atoms with E-state index in [9.17, 15) is 14.7 Å². The highest BCUT2D eigenvalue weighted by molar-refractivity contribution is 7.44. The summed E-state index contributed by atoms with van der Waals surface area (Å²) in [6, 6.07) is 3.37. The summed E-state index contributed by atoms with van der Waals surface area (Å²) in [4.78, 5) is 25.7. The fraction of sp³-hybridized carbons (Fsp3) is 0.737. The van der Waals surface area contributed by atoms with Gasteiger partial charge in [0.25, 0.3) is 14.1 Å². The van der Waals surface area contributed by atoms with Gasteiger partial charge in [-0.15, -0.1) is 0 Å². The lowest BCUT2D eigenvalue weighted by atomic mass is 10.1. The lowest BCUT2D eigenvalue weighted by Crippen LogP contribution is -2.41. The third-order valence-electron chi connectivity index (χ3n) is 4.64. The molecule has 1 aliphatic heterocycles. The normalized spacial score (nSPS) is 24.8. The molecule has 5 atom stereocenters. The van der Waals surface area contributed by atoms with Gasteiger partial charge in [-0.1, -0.05) is 0 Å². The molecule has 0 saturated carbocycles. The Bertz CT molecular complexity index is 845. The van der Waals surface area contributed by atoms with Gasteiger partial charge in [0.2, 0.25) is 0 Å². The van der Waals surface area contributed by atoms with E-state index in [0.29, 0.717) is 0 Å². The molecular weight excluding hydrogens is 427 g/mol. The monoisotopic (exact) mass is 458 g/mol. The second-order valence-electron chi connectivity index (χ2n) is 7.65. The number of nitrogens with one attached hydrogen (secondary N) is 1. The van der Waals surface area contributed by atoms with E-state index in [0.717, 1.165) is 4.57 Å². The number of hydrogen-bond donors (Lipinski definition) is 2. The van der Waals surface area contributed by atoms with Crippen LogP contribution in [-0.4, -0.2) is 70.0 Å². The molecule has 1 unspecified atom stereocenters. The molecule has 2 N–H and O–H groups in total. The van der Waals surface area contributed by atoms with Crippen LogP contribution in [0.1, 0.15) is 40.3 Å². The van der Waals surface area contributed by atoms with E-state index in [1.807, 2.05) is 38.4 Å². The minimum absolute atomic E-state index is 0.0751. The first kappa shape index (κ1) is 25.6. The van der Waals surface area contributed by atoms with Gasteiger partial charge < -0.3 is 23.6 Å². The smallest absolute Gasteiger partial charge is 0.330 e. The van der Waals surface area contributed by atoms with E-state index in [-0.39, 0.29) is 31.7 Å². The van der Waals surface area contributed by atoms with Crippen molar-refractivity contribution < 1.29 is 23.6 Å². The molecule has 0 radical (unpaired) electrons. The van der Waals surface area contributed by atoms with Crippen LogP contribution in [0.2, 0.25) is 0 Å². The van der Waals surface area contributed by atoms with Gasteiger partial charge in [0, 0.05) is 31.5 Å². The maximum Gasteiger partial charge on any atom is 0.330 e. The fourth-order valence-corrected chi connectivity index (χ4v) is 5.18. The molecule has 2 rings (SSSR count). The minimum Gasteiger partial charge on any atom is -0.386 e. The molecule has 174 valence electrons. The van der Waals surface area contributed by atoms with Crippen LogP contribution >= 0.6 is 8.53 Å². The number of H-pyrrole nitrogens is 1. The average Bonchev–Trinajstić information content (AvgIpc) is 2.97. The maximum atomic E-state index is 12.2. The largest absolute Gasteiger partial charge is 0.386 e. The molecule has 31 heavy (non-hydrogen) atoms. The number of aromatic nitrogens is 2. The number of aliphatic hydroxyl groups excluding tert-OH is 1. The predicted molar refractivity (Wildman–Crippen MR) is 113 cm³/mol. The van der Waals surface area contributed by atoms with Crippen molar-refractivity contribution >= 4 is 8.53 Å². The van der Waals surface area contributed by atoms with Crippen molar-refractivity contribution in [3.05, 3.63) is 33.1 Å². The first-order valence-electron chi connectivity index (χ1n) is 10.1. The van der Waals surface area contributed by atoms with Crippen LogP contribution in [0.3, 0.4) is 0 Å². The van der Waals surface area contributed by atoms with Crippen LogP contribution in [0.25, 0.3) is 0 Å². The standard InChI is InChI=1S/C19H31N4O7P/c1-12(2)23(13(3)4)31(28-10-6-8-20)30-17-14(11-27-5)29-18(16(17)25)22-9-7-15(24)21-19(22)26/h7,9,12-14,16-18,25H,6,10-11H2,1-5H3,(H,21,24,26)/t14-,16-,17-,18-,31?/m1/s1. The SMILES string of the molecule is COC[C@H]1O[C@@H](n2ccc(=O)[nH]c2=O)[C@H](O)[C@@H]1OP(OCCC#N)N(C(C)C)C(C)C. The lowest BCUT2D eigenvalue weighted by Gasteiger charge is -2.37. The number of methoxy groups -OCH3 is 1. The van der Waals surface area contributed by atoms with Crippen LogP contribution < -0.4 is 11.2 Å². The average molecular weight is 458 g/mol. The minimum atomic E-state index is -1.65. The second-order valence-corrected chi connectivity index (χ2v) is 9.05. The van der Waals surface area contributed by atoms with Crippen molar-refractivity contribution in [1.82, 2.24) is 14.2 Å². The summed E-state index contributed by atoms with van der Waals surface area (Å²) in [6.45, 7) is 8.31. The molecule has 0 spiro atoms. The van der Waals surface area contributed by atoms with E-state index in [1.54, 1.807) is 0 Å². The number of hydrogen-bond acceptors (Lipinski definition) is 9. The second kappa shape index (κ2) is 11.8. The molecule has 1 saturated heterocycles. The highest BCUT2D eigenvalue weighted by Crippen LogP contribution is 2.49. The number of aromatic amines is 1. The van der Waals surface area contributed by atoms with Crippen molar-refractivity contribution in [2.75, 3.05) is 20.3 Å². The van der Waals surface area contributed by atoms with Crippen molar-refractivity contribution in [1.29, 1.82) is 5.26 Å². The van der Waals surface area contributed by atoms with E-state index in [2.05, 4.69) is 4.98 Å². The predicted octanol–water partition coefficient (Wildman–Crippen LogP) is 1.10. The Hall–Kier alpha value is -1.64. The van der Waals surface area contributed by atoms with Gasteiger partial charge in [0.1, 0.15) is 18.3 Å². The Morgan fingerprint density at radius 2 is 2.03 bits per heavy atom. The molecule has 11 nitrogen and oxygen atoms in total. The van der Waals surface area contributed by atoms with Gasteiger partial charge >= 0.3 is 5.69 Å². The number of aliphatic hydroxyl groups is 1. The molecule has 0 amide bonds. The zero-order chi connectivity index (χ0) is 23.1. The lowest BCUT2D eigenvalue weighted by molar-refractivity contribution is -0.0609. The van der Waals surface area contributed by atoms with E-state index in [1.165, 1.54) is 19.4 Å². The molecule has 12 heteroatoms. The maximum absolute atomic E-state index is 12.2. The van der Waals surface area contributed by atoms with Crippen molar-refractivity contribution in [3.63, 3.8) is 0 Å². The molecular formula is C19H31N4O7P. The summed E-state index contributed by atoms with van der Waals surface area (Å²) in [6.07, 6.45) is -2.38. The number of nitriles is 1. The summed E-state index contributed by atoms with van der Waals surface area (Å²) in [5.74, 6) is 0. The molecule has 0 aromatic carbocycles. The summed E-state index contributed by atoms with van der Waals surface area (Å²) in [5, 5.41) is 19.9. The van der Waals surface area contributed by atoms with Crippen LogP contribution in [0.4, 0.5) is 0 Å². The van der Waals surface area contributed by atoms with Gasteiger partial charge in [-0.05, 0) is 27.7 Å². The Labute approximate surface area is 182 Å². The highest BCUT2D eigenvalue weighted by Gasteiger charge is 2.48. The third kappa shape index (κ3) is 6.43. The van der Waals surface area contributed by atoms with Gasteiger partial charge in [0.05, 0.1) is 25.7 Å². The van der Waals surface area contributed by atoms with Crippen molar-refractivity contribution in [2.45, 2.75) is 70.7 Å². The Balaban J connectivity index is 2.32. The summed E-state index contributed by atoms with van der Waals surface area (Å²) in [5.41, 5.74) is -1.25. The van der Waals surface area contributed by atoms with E-state index >= 15 is 0 Å². The summed E-state index contributed by atoms with van der Waals surface area (Å²) in [7, 11) is -0.156. The quantitative estimate of drug-likeness (QED) is 0.369. The molecule has 1 fully saturated rings. The number of nitrogens with zero attached hydrogens (tertiary/aromatic N) is 3. The van der Waals surface area contributed by atoms with Gasteiger partial charge in [0.15, 0.2) is 6.23 Å². The van der Waals surface area contributed by atoms with Gasteiger partial charge in [-0.3, -0.25) is 14.3 Å². The zero-order valence-corrected chi connectivity index (χ0v) is 19.3. The van der Waals surface area contributed by atoms with Crippen LogP contribution in [0, 0.1) is 11.3 Å². The first-order valence-corrected chi connectivity index (χ1v) is 11.2. The van der Waals surface area contributed by atoms with E-state index in [4.69, 9.17) is 23.8 Å². The fourth-order valence-electron chi connectivity index (χ4n) is 3.40. The zero-order valence-electron chi connectivity index (χ0n) is 18.4. The molecule has 0 bridgehead atoms. The summed E-state index contributed by atoms with van der Waals surface area (Å²) >= 11 is 0. The Morgan fingerprint density at radius 1 is 1.35 bits per heavy atom. The number of ether oxygens (including phenoxy) is 2. The Kier molecular flexibility index (Phi) is 9.78. The topological polar surface area (TPSA) is 139 Å².